The first-order valence-electron chi connectivity index (χ1n) is 8.50. The van der Waals surface area contributed by atoms with E-state index in [2.05, 4.69) is 4.98 Å². The van der Waals surface area contributed by atoms with Crippen LogP contribution in [0.25, 0.3) is 0 Å². The van der Waals surface area contributed by atoms with Gasteiger partial charge in [-0.3, -0.25) is 9.78 Å². The number of nitrogens with zero attached hydrogens (tertiary/aromatic N) is 3. The molecule has 24 heavy (non-hydrogen) atoms. The number of carbonyl (C=O) groups excluding carboxylic acids is 2. The lowest BCUT2D eigenvalue weighted by atomic mass is 10.1. The SMILES string of the molecule is CC(C)(C)OC(=O)N1CCCN(C(=O)CCc2cccnc2)CC1. The van der Waals surface area contributed by atoms with Crippen LogP contribution in [0.4, 0.5) is 4.79 Å². The minimum absolute atomic E-state index is 0.130. The molecule has 1 aromatic heterocycles. The quantitative estimate of drug-likeness (QED) is 0.852. The van der Waals surface area contributed by atoms with Gasteiger partial charge in [-0.15, -0.1) is 0 Å². The smallest absolute Gasteiger partial charge is 0.410 e. The van der Waals surface area contributed by atoms with Crippen molar-refractivity contribution in [3.8, 4) is 0 Å². The molecule has 1 aliphatic rings. The monoisotopic (exact) mass is 333 g/mol. The van der Waals surface area contributed by atoms with Crippen LogP contribution < -0.4 is 0 Å². The molecule has 0 aliphatic carbocycles. The van der Waals surface area contributed by atoms with E-state index < -0.39 is 5.60 Å². The fraction of sp³-hybridized carbons (Fsp3) is 0.611. The van der Waals surface area contributed by atoms with Gasteiger partial charge in [-0.25, -0.2) is 4.79 Å². The van der Waals surface area contributed by atoms with E-state index in [4.69, 9.17) is 4.74 Å². The summed E-state index contributed by atoms with van der Waals surface area (Å²) in [5.41, 5.74) is 0.568. The molecule has 0 N–H and O–H groups in total. The Morgan fingerprint density at radius 3 is 2.54 bits per heavy atom. The summed E-state index contributed by atoms with van der Waals surface area (Å²) in [6, 6.07) is 3.86. The Bertz CT molecular complexity index is 554. The molecule has 1 aliphatic heterocycles. The van der Waals surface area contributed by atoms with Gasteiger partial charge >= 0.3 is 6.09 Å². The largest absolute Gasteiger partial charge is 0.444 e. The third-order valence-corrected chi connectivity index (χ3v) is 3.85. The third-order valence-electron chi connectivity index (χ3n) is 3.85. The van der Waals surface area contributed by atoms with Crippen LogP contribution >= 0.6 is 0 Å². The fourth-order valence-electron chi connectivity index (χ4n) is 2.63. The molecule has 2 rings (SSSR count). The lowest BCUT2D eigenvalue weighted by molar-refractivity contribution is -0.131. The van der Waals surface area contributed by atoms with Crippen LogP contribution in [0.1, 0.15) is 39.2 Å². The number of aryl methyl sites for hydroxylation is 1. The molecule has 1 aromatic rings. The van der Waals surface area contributed by atoms with E-state index in [9.17, 15) is 9.59 Å². The van der Waals surface area contributed by atoms with Crippen molar-refractivity contribution in [2.75, 3.05) is 26.2 Å². The molecule has 0 aromatic carbocycles. The first-order chi connectivity index (χ1) is 11.3. The van der Waals surface area contributed by atoms with Crippen molar-refractivity contribution in [2.24, 2.45) is 0 Å². The summed E-state index contributed by atoms with van der Waals surface area (Å²) in [5.74, 6) is 0.130. The summed E-state index contributed by atoms with van der Waals surface area (Å²) in [7, 11) is 0. The van der Waals surface area contributed by atoms with Gasteiger partial charge in [0.2, 0.25) is 5.91 Å². The molecule has 1 saturated heterocycles. The van der Waals surface area contributed by atoms with E-state index in [1.165, 1.54) is 0 Å². The van der Waals surface area contributed by atoms with E-state index in [0.29, 0.717) is 39.0 Å². The summed E-state index contributed by atoms with van der Waals surface area (Å²) in [6.07, 6.45) is 5.16. The highest BCUT2D eigenvalue weighted by Gasteiger charge is 2.25. The van der Waals surface area contributed by atoms with Gasteiger partial charge in [0.15, 0.2) is 0 Å². The molecular formula is C18H27N3O3. The molecule has 6 nitrogen and oxygen atoms in total. The van der Waals surface area contributed by atoms with Crippen molar-refractivity contribution in [3.05, 3.63) is 30.1 Å². The van der Waals surface area contributed by atoms with Crippen LogP contribution in [-0.2, 0) is 16.0 Å². The van der Waals surface area contributed by atoms with Gasteiger partial charge in [0.25, 0.3) is 0 Å². The molecule has 0 unspecified atom stereocenters. The number of hydrogen-bond acceptors (Lipinski definition) is 4. The lowest BCUT2D eigenvalue weighted by Gasteiger charge is -2.26. The highest BCUT2D eigenvalue weighted by Crippen LogP contribution is 2.13. The van der Waals surface area contributed by atoms with Crippen molar-refractivity contribution in [1.29, 1.82) is 0 Å². The number of rotatable bonds is 3. The molecule has 0 bridgehead atoms. The van der Waals surface area contributed by atoms with Crippen molar-refractivity contribution in [1.82, 2.24) is 14.8 Å². The van der Waals surface area contributed by atoms with E-state index >= 15 is 0 Å². The molecule has 1 fully saturated rings. The van der Waals surface area contributed by atoms with Gasteiger partial charge in [-0.1, -0.05) is 6.07 Å². The maximum atomic E-state index is 12.4. The first kappa shape index (κ1) is 18.2. The summed E-state index contributed by atoms with van der Waals surface area (Å²) < 4.78 is 5.41. The van der Waals surface area contributed by atoms with Gasteiger partial charge in [-0.05, 0) is 45.2 Å². The van der Waals surface area contributed by atoms with Gasteiger partial charge in [-0.2, -0.15) is 0 Å². The maximum Gasteiger partial charge on any atom is 0.410 e. The minimum Gasteiger partial charge on any atom is -0.444 e. The summed E-state index contributed by atoms with van der Waals surface area (Å²) in [4.78, 5) is 32.2. The van der Waals surface area contributed by atoms with Gasteiger partial charge in [0.05, 0.1) is 0 Å². The zero-order valence-corrected chi connectivity index (χ0v) is 14.8. The Morgan fingerprint density at radius 1 is 1.17 bits per heavy atom. The standard InChI is InChI=1S/C18H27N3O3/c1-18(2,3)24-17(23)21-11-5-10-20(12-13-21)16(22)8-7-15-6-4-9-19-14-15/h4,6,9,14H,5,7-8,10-13H2,1-3H3. The zero-order chi connectivity index (χ0) is 17.6. The van der Waals surface area contributed by atoms with Crippen LogP contribution in [0.5, 0.6) is 0 Å². The predicted molar refractivity (Wildman–Crippen MR) is 91.6 cm³/mol. The van der Waals surface area contributed by atoms with Crippen LogP contribution in [0, 0.1) is 0 Å². The molecule has 0 radical (unpaired) electrons. The zero-order valence-electron chi connectivity index (χ0n) is 14.8. The second kappa shape index (κ2) is 8.13. The van der Waals surface area contributed by atoms with Gasteiger partial charge < -0.3 is 14.5 Å². The average Bonchev–Trinajstić information content (AvgIpc) is 2.78. The molecule has 0 spiro atoms. The lowest BCUT2D eigenvalue weighted by Crippen LogP contribution is -2.40. The Balaban J connectivity index is 1.81. The van der Waals surface area contributed by atoms with Crippen molar-refractivity contribution >= 4 is 12.0 Å². The summed E-state index contributed by atoms with van der Waals surface area (Å²) in [6.45, 7) is 7.97. The highest BCUT2D eigenvalue weighted by atomic mass is 16.6. The number of amides is 2. The van der Waals surface area contributed by atoms with Crippen molar-refractivity contribution < 1.29 is 14.3 Å². The third kappa shape index (κ3) is 5.83. The van der Waals surface area contributed by atoms with E-state index in [0.717, 1.165) is 12.0 Å². The number of ether oxygens (including phenoxy) is 1. The number of carbonyl (C=O) groups is 2. The molecule has 132 valence electrons. The number of aromatic nitrogens is 1. The molecule has 2 amide bonds. The van der Waals surface area contributed by atoms with Crippen LogP contribution in [0.3, 0.4) is 0 Å². The van der Waals surface area contributed by atoms with Crippen molar-refractivity contribution in [2.45, 2.75) is 45.6 Å². The van der Waals surface area contributed by atoms with Gasteiger partial charge in [0, 0.05) is 45.0 Å². The maximum absolute atomic E-state index is 12.4. The summed E-state index contributed by atoms with van der Waals surface area (Å²) >= 11 is 0. The average molecular weight is 333 g/mol. The van der Waals surface area contributed by atoms with Gasteiger partial charge in [0.1, 0.15) is 5.60 Å². The topological polar surface area (TPSA) is 62.7 Å². The fourth-order valence-corrected chi connectivity index (χ4v) is 2.63. The molecular weight excluding hydrogens is 306 g/mol. The van der Waals surface area contributed by atoms with E-state index in [-0.39, 0.29) is 12.0 Å². The molecule has 0 saturated carbocycles. The second-order valence-corrected chi connectivity index (χ2v) is 7.06. The highest BCUT2D eigenvalue weighted by molar-refractivity contribution is 5.76. The second-order valence-electron chi connectivity index (χ2n) is 7.06. The molecule has 6 heteroatoms. The normalized spacial score (nSPS) is 15.8. The Labute approximate surface area is 143 Å². The summed E-state index contributed by atoms with van der Waals surface area (Å²) in [5, 5.41) is 0. The minimum atomic E-state index is -0.497. The van der Waals surface area contributed by atoms with Crippen LogP contribution in [-0.4, -0.2) is 58.6 Å². The van der Waals surface area contributed by atoms with Crippen LogP contribution in [0.2, 0.25) is 0 Å². The Morgan fingerprint density at radius 2 is 1.88 bits per heavy atom. The molecule has 0 atom stereocenters. The van der Waals surface area contributed by atoms with E-state index in [1.807, 2.05) is 37.8 Å². The van der Waals surface area contributed by atoms with Crippen LogP contribution in [0.15, 0.2) is 24.5 Å². The van der Waals surface area contributed by atoms with E-state index in [1.54, 1.807) is 17.3 Å². The Hall–Kier alpha value is -2.11. The predicted octanol–water partition coefficient (Wildman–Crippen LogP) is 2.48. The first-order valence-corrected chi connectivity index (χ1v) is 8.50. The molecule has 2 heterocycles. The number of pyridine rings is 1. The van der Waals surface area contributed by atoms with Crippen molar-refractivity contribution in [3.63, 3.8) is 0 Å². The Kier molecular flexibility index (Phi) is 6.17. The number of hydrogen-bond donors (Lipinski definition) is 0.